The molecule has 5 nitrogen and oxygen atoms in total. The number of carboxylic acid groups (broad SMARTS) is 1. The Hall–Kier alpha value is -1.75. The summed E-state index contributed by atoms with van der Waals surface area (Å²) in [6, 6.07) is 5.19. The van der Waals surface area contributed by atoms with Crippen LogP contribution in [0.5, 0.6) is 11.5 Å². The van der Waals surface area contributed by atoms with Crippen molar-refractivity contribution in [2.75, 3.05) is 20.2 Å². The van der Waals surface area contributed by atoms with E-state index in [1.54, 1.807) is 19.2 Å². The van der Waals surface area contributed by atoms with E-state index in [1.807, 2.05) is 6.07 Å². The van der Waals surface area contributed by atoms with Gasteiger partial charge in [0, 0.05) is 25.1 Å². The number of methoxy groups -OCH3 is 1. The number of benzene rings is 1. The lowest BCUT2D eigenvalue weighted by Crippen LogP contribution is -2.35. The molecule has 1 aliphatic heterocycles. The molecule has 1 aliphatic rings. The Morgan fingerprint density at radius 2 is 2.30 bits per heavy atom. The van der Waals surface area contributed by atoms with E-state index in [0.717, 1.165) is 37.2 Å². The van der Waals surface area contributed by atoms with Crippen molar-refractivity contribution in [1.82, 2.24) is 4.90 Å². The maximum Gasteiger partial charge on any atom is 0.303 e. The van der Waals surface area contributed by atoms with Crippen molar-refractivity contribution in [3.63, 3.8) is 0 Å². The molecular weight excluding hydrogens is 258 g/mol. The Balaban J connectivity index is 2.00. The number of phenols is 1. The van der Waals surface area contributed by atoms with Crippen LogP contribution in [0, 0.1) is 5.92 Å². The van der Waals surface area contributed by atoms with Crippen molar-refractivity contribution in [3.05, 3.63) is 23.8 Å². The lowest BCUT2D eigenvalue weighted by atomic mass is 9.94. The Kier molecular flexibility index (Phi) is 4.84. The van der Waals surface area contributed by atoms with Gasteiger partial charge in [-0.25, -0.2) is 0 Å². The van der Waals surface area contributed by atoms with Crippen LogP contribution in [0.15, 0.2) is 18.2 Å². The zero-order chi connectivity index (χ0) is 14.5. The first-order valence-electron chi connectivity index (χ1n) is 6.88. The van der Waals surface area contributed by atoms with E-state index >= 15 is 0 Å². The van der Waals surface area contributed by atoms with Crippen LogP contribution in [0.25, 0.3) is 0 Å². The lowest BCUT2D eigenvalue weighted by Gasteiger charge is -2.32. The van der Waals surface area contributed by atoms with Gasteiger partial charge >= 0.3 is 5.97 Å². The van der Waals surface area contributed by atoms with Crippen molar-refractivity contribution >= 4 is 5.97 Å². The molecule has 2 rings (SSSR count). The number of likely N-dealkylation sites (tertiary alicyclic amines) is 1. The molecule has 1 fully saturated rings. The minimum Gasteiger partial charge on any atom is -0.508 e. The minimum atomic E-state index is -0.735. The standard InChI is InChI=1S/C15H21NO4/c1-20-13-4-5-14(17)12(8-13)10-16-6-2-3-11(9-16)7-15(18)19/h4-5,8,11,17H,2-3,6-7,9-10H2,1H3,(H,18,19). The van der Waals surface area contributed by atoms with Gasteiger partial charge in [-0.1, -0.05) is 0 Å². The molecule has 0 aliphatic carbocycles. The van der Waals surface area contributed by atoms with Gasteiger partial charge in [-0.15, -0.1) is 0 Å². The predicted octanol–water partition coefficient (Wildman–Crippen LogP) is 2.09. The number of hydrogen-bond donors (Lipinski definition) is 2. The first-order chi connectivity index (χ1) is 9.58. The number of nitrogens with zero attached hydrogens (tertiary/aromatic N) is 1. The van der Waals surface area contributed by atoms with Crippen LogP contribution in [0.4, 0.5) is 0 Å². The molecule has 1 aromatic carbocycles. The summed E-state index contributed by atoms with van der Waals surface area (Å²) in [7, 11) is 1.60. The number of carbonyl (C=O) groups is 1. The number of phenolic OH excluding ortho intramolecular Hbond substituents is 1. The molecule has 1 unspecified atom stereocenters. The second kappa shape index (κ2) is 6.61. The molecule has 1 atom stereocenters. The van der Waals surface area contributed by atoms with Gasteiger partial charge in [-0.05, 0) is 43.5 Å². The SMILES string of the molecule is COc1ccc(O)c(CN2CCCC(CC(=O)O)C2)c1. The van der Waals surface area contributed by atoms with Crippen LogP contribution < -0.4 is 4.74 Å². The van der Waals surface area contributed by atoms with E-state index in [1.165, 1.54) is 0 Å². The van der Waals surface area contributed by atoms with E-state index in [0.29, 0.717) is 6.54 Å². The molecule has 0 spiro atoms. The molecule has 0 radical (unpaired) electrons. The molecule has 0 bridgehead atoms. The van der Waals surface area contributed by atoms with Gasteiger partial charge < -0.3 is 14.9 Å². The van der Waals surface area contributed by atoms with Gasteiger partial charge in [-0.3, -0.25) is 9.69 Å². The summed E-state index contributed by atoms with van der Waals surface area (Å²) < 4.78 is 5.17. The average molecular weight is 279 g/mol. The summed E-state index contributed by atoms with van der Waals surface area (Å²) in [4.78, 5) is 13.0. The van der Waals surface area contributed by atoms with Crippen LogP contribution in [0.2, 0.25) is 0 Å². The number of aliphatic carboxylic acids is 1. The summed E-state index contributed by atoms with van der Waals surface area (Å²) >= 11 is 0. The fourth-order valence-corrected chi connectivity index (χ4v) is 2.76. The summed E-state index contributed by atoms with van der Waals surface area (Å²) in [5.41, 5.74) is 0.820. The highest BCUT2D eigenvalue weighted by molar-refractivity contribution is 5.67. The second-order valence-electron chi connectivity index (χ2n) is 5.34. The van der Waals surface area contributed by atoms with Crippen LogP contribution in [-0.4, -0.2) is 41.3 Å². The monoisotopic (exact) mass is 279 g/mol. The first-order valence-corrected chi connectivity index (χ1v) is 6.88. The van der Waals surface area contributed by atoms with Crippen molar-refractivity contribution in [3.8, 4) is 11.5 Å². The zero-order valence-electron chi connectivity index (χ0n) is 11.7. The van der Waals surface area contributed by atoms with E-state index in [9.17, 15) is 9.90 Å². The average Bonchev–Trinajstić information content (AvgIpc) is 2.41. The molecule has 5 heteroatoms. The Bertz CT molecular complexity index is 475. The highest BCUT2D eigenvalue weighted by Crippen LogP contribution is 2.27. The minimum absolute atomic E-state index is 0.203. The highest BCUT2D eigenvalue weighted by Gasteiger charge is 2.22. The van der Waals surface area contributed by atoms with Crippen LogP contribution in [0.1, 0.15) is 24.8 Å². The highest BCUT2D eigenvalue weighted by atomic mass is 16.5. The third-order valence-corrected chi connectivity index (χ3v) is 3.75. The Morgan fingerprint density at radius 1 is 1.50 bits per heavy atom. The third kappa shape index (κ3) is 3.87. The van der Waals surface area contributed by atoms with Crippen LogP contribution in [-0.2, 0) is 11.3 Å². The van der Waals surface area contributed by atoms with Crippen LogP contribution >= 0.6 is 0 Å². The molecule has 1 heterocycles. The van der Waals surface area contributed by atoms with Crippen LogP contribution in [0.3, 0.4) is 0 Å². The smallest absolute Gasteiger partial charge is 0.303 e. The zero-order valence-corrected chi connectivity index (χ0v) is 11.7. The lowest BCUT2D eigenvalue weighted by molar-refractivity contribution is -0.138. The van der Waals surface area contributed by atoms with Gasteiger partial charge in [0.1, 0.15) is 11.5 Å². The van der Waals surface area contributed by atoms with Gasteiger partial charge in [-0.2, -0.15) is 0 Å². The van der Waals surface area contributed by atoms with Crippen molar-refractivity contribution in [2.24, 2.45) is 5.92 Å². The fourth-order valence-electron chi connectivity index (χ4n) is 2.76. The van der Waals surface area contributed by atoms with E-state index in [4.69, 9.17) is 9.84 Å². The number of piperidine rings is 1. The predicted molar refractivity (Wildman–Crippen MR) is 74.9 cm³/mol. The van der Waals surface area contributed by atoms with E-state index < -0.39 is 5.97 Å². The summed E-state index contributed by atoms with van der Waals surface area (Å²) in [5.74, 6) is 0.443. The number of carboxylic acids is 1. The molecule has 0 amide bonds. The molecule has 2 N–H and O–H groups in total. The van der Waals surface area contributed by atoms with Gasteiger partial charge in [0.2, 0.25) is 0 Å². The second-order valence-corrected chi connectivity index (χ2v) is 5.34. The summed E-state index contributed by atoms with van der Waals surface area (Å²) in [5, 5.41) is 18.8. The fraction of sp³-hybridized carbons (Fsp3) is 0.533. The molecule has 20 heavy (non-hydrogen) atoms. The van der Waals surface area contributed by atoms with Crippen molar-refractivity contribution < 1.29 is 19.7 Å². The van der Waals surface area contributed by atoms with E-state index in [-0.39, 0.29) is 18.1 Å². The molecule has 1 saturated heterocycles. The molecule has 110 valence electrons. The number of hydrogen-bond acceptors (Lipinski definition) is 4. The summed E-state index contributed by atoms with van der Waals surface area (Å²) in [6.07, 6.45) is 2.19. The molecule has 0 saturated carbocycles. The van der Waals surface area contributed by atoms with Crippen molar-refractivity contribution in [2.45, 2.75) is 25.8 Å². The van der Waals surface area contributed by atoms with Gasteiger partial charge in [0.15, 0.2) is 0 Å². The molecule has 0 aromatic heterocycles. The molecule has 1 aromatic rings. The third-order valence-electron chi connectivity index (χ3n) is 3.75. The summed E-state index contributed by atoms with van der Waals surface area (Å²) in [6.45, 7) is 2.33. The van der Waals surface area contributed by atoms with Crippen molar-refractivity contribution in [1.29, 1.82) is 0 Å². The maximum absolute atomic E-state index is 10.8. The van der Waals surface area contributed by atoms with Gasteiger partial charge in [0.25, 0.3) is 0 Å². The largest absolute Gasteiger partial charge is 0.508 e. The first kappa shape index (κ1) is 14.7. The van der Waals surface area contributed by atoms with E-state index in [2.05, 4.69) is 4.90 Å². The Labute approximate surface area is 118 Å². The normalized spacial score (nSPS) is 19.8. The number of rotatable bonds is 5. The Morgan fingerprint density at radius 3 is 3.00 bits per heavy atom. The quantitative estimate of drug-likeness (QED) is 0.863. The number of aromatic hydroxyl groups is 1. The number of ether oxygens (including phenoxy) is 1. The van der Waals surface area contributed by atoms with Gasteiger partial charge in [0.05, 0.1) is 7.11 Å². The topological polar surface area (TPSA) is 70.0 Å². The maximum atomic E-state index is 10.8. The molecular formula is C15H21NO4.